The number of hydrogen-bond acceptors (Lipinski definition) is 5. The fourth-order valence-corrected chi connectivity index (χ4v) is 5.22. The number of aromatic carboxylic acids is 1. The standard InChI is InChI=1S/C28H31N3O3/c1-30(23-6-8-24(9-7-23)31-14-16-34-17-15-31)25-10-11-26-20(2-4-21(26)18-25)3-5-22-19-29-13-12-27(22)28(32)33/h6-13,18-20H,2-5,14-17H2,1H3,(H,32,33)/t20-/m0/s1. The minimum absolute atomic E-state index is 0.366. The van der Waals surface area contributed by atoms with E-state index >= 15 is 0 Å². The quantitative estimate of drug-likeness (QED) is 0.536. The summed E-state index contributed by atoms with van der Waals surface area (Å²) >= 11 is 0. The minimum Gasteiger partial charge on any atom is -0.478 e. The molecular formula is C28H31N3O3. The third-order valence-electron chi connectivity index (χ3n) is 7.23. The molecule has 0 amide bonds. The number of aryl methyl sites for hydroxylation is 2. The summed E-state index contributed by atoms with van der Waals surface area (Å²) in [5, 5.41) is 9.43. The zero-order valence-corrected chi connectivity index (χ0v) is 19.6. The molecule has 1 aromatic heterocycles. The average molecular weight is 458 g/mol. The molecule has 2 aromatic carbocycles. The number of carboxylic acids is 1. The number of anilines is 3. The minimum atomic E-state index is -0.880. The lowest BCUT2D eigenvalue weighted by Crippen LogP contribution is -2.36. The zero-order valence-electron chi connectivity index (χ0n) is 19.6. The first-order chi connectivity index (χ1) is 16.6. The number of ether oxygens (including phenoxy) is 1. The predicted octanol–water partition coefficient (Wildman–Crippen LogP) is 5.05. The van der Waals surface area contributed by atoms with E-state index in [-0.39, 0.29) is 0 Å². The SMILES string of the molecule is CN(c1ccc(N2CCOCC2)cc1)c1ccc2c(c1)CC[C@H]2CCc1cnccc1C(=O)O. The lowest BCUT2D eigenvalue weighted by molar-refractivity contribution is 0.0695. The van der Waals surface area contributed by atoms with Gasteiger partial charge in [0.15, 0.2) is 0 Å². The van der Waals surface area contributed by atoms with Gasteiger partial charge in [0.25, 0.3) is 0 Å². The van der Waals surface area contributed by atoms with Crippen LogP contribution in [0.1, 0.15) is 45.8 Å². The van der Waals surface area contributed by atoms with E-state index < -0.39 is 5.97 Å². The first-order valence-corrected chi connectivity index (χ1v) is 12.1. The predicted molar refractivity (Wildman–Crippen MR) is 135 cm³/mol. The van der Waals surface area contributed by atoms with Gasteiger partial charge in [-0.15, -0.1) is 0 Å². The number of rotatable bonds is 7. The smallest absolute Gasteiger partial charge is 0.336 e. The number of pyridine rings is 1. The molecule has 0 bridgehead atoms. The van der Waals surface area contributed by atoms with Crippen LogP contribution in [0, 0.1) is 0 Å². The second kappa shape index (κ2) is 9.85. The van der Waals surface area contributed by atoms with Crippen molar-refractivity contribution in [2.45, 2.75) is 31.6 Å². The molecule has 2 aliphatic rings. The Morgan fingerprint density at radius 3 is 2.65 bits per heavy atom. The number of nitrogens with zero attached hydrogens (tertiary/aromatic N) is 3. The van der Waals surface area contributed by atoms with Crippen LogP contribution in [-0.2, 0) is 17.6 Å². The van der Waals surface area contributed by atoms with Gasteiger partial charge in [-0.25, -0.2) is 4.79 Å². The highest BCUT2D eigenvalue weighted by atomic mass is 16.5. The molecule has 6 nitrogen and oxygen atoms in total. The molecule has 2 heterocycles. The van der Waals surface area contributed by atoms with Gasteiger partial charge < -0.3 is 19.6 Å². The van der Waals surface area contributed by atoms with Crippen LogP contribution in [0.15, 0.2) is 60.9 Å². The molecule has 1 saturated heterocycles. The molecule has 0 spiro atoms. The largest absolute Gasteiger partial charge is 0.478 e. The van der Waals surface area contributed by atoms with Crippen molar-refractivity contribution >= 4 is 23.0 Å². The summed E-state index contributed by atoms with van der Waals surface area (Å²) in [6, 6.07) is 17.2. The highest BCUT2D eigenvalue weighted by molar-refractivity contribution is 5.89. The van der Waals surface area contributed by atoms with Crippen LogP contribution in [0.5, 0.6) is 0 Å². The number of carbonyl (C=O) groups is 1. The summed E-state index contributed by atoms with van der Waals surface area (Å²) < 4.78 is 5.46. The van der Waals surface area contributed by atoms with Gasteiger partial charge in [-0.3, -0.25) is 4.98 Å². The monoisotopic (exact) mass is 457 g/mol. The molecule has 1 N–H and O–H groups in total. The summed E-state index contributed by atoms with van der Waals surface area (Å²) in [5.41, 5.74) is 7.61. The second-order valence-corrected chi connectivity index (χ2v) is 9.17. The number of fused-ring (bicyclic) bond motifs is 1. The van der Waals surface area contributed by atoms with E-state index in [4.69, 9.17) is 4.74 Å². The van der Waals surface area contributed by atoms with Gasteiger partial charge in [0.05, 0.1) is 18.8 Å². The number of morpholine rings is 1. The first-order valence-electron chi connectivity index (χ1n) is 12.1. The second-order valence-electron chi connectivity index (χ2n) is 9.17. The molecule has 0 radical (unpaired) electrons. The maximum absolute atomic E-state index is 11.5. The normalized spacial score (nSPS) is 17.4. The molecule has 1 aliphatic carbocycles. The molecule has 34 heavy (non-hydrogen) atoms. The molecule has 3 aromatic rings. The van der Waals surface area contributed by atoms with Crippen LogP contribution in [0.4, 0.5) is 17.1 Å². The first kappa shape index (κ1) is 22.4. The highest BCUT2D eigenvalue weighted by Gasteiger charge is 2.24. The average Bonchev–Trinajstić information content (AvgIpc) is 3.30. The fourth-order valence-electron chi connectivity index (χ4n) is 5.22. The lowest BCUT2D eigenvalue weighted by Gasteiger charge is -2.29. The molecular weight excluding hydrogens is 426 g/mol. The Kier molecular flexibility index (Phi) is 6.50. The van der Waals surface area contributed by atoms with E-state index in [0.717, 1.165) is 57.6 Å². The van der Waals surface area contributed by atoms with Crippen molar-refractivity contribution < 1.29 is 14.6 Å². The Balaban J connectivity index is 1.26. The molecule has 1 atom stereocenters. The van der Waals surface area contributed by atoms with Crippen LogP contribution in [0.2, 0.25) is 0 Å². The summed E-state index contributed by atoms with van der Waals surface area (Å²) in [5.74, 6) is -0.418. The number of carboxylic acid groups (broad SMARTS) is 1. The van der Waals surface area contributed by atoms with Gasteiger partial charge in [-0.1, -0.05) is 6.07 Å². The van der Waals surface area contributed by atoms with Crippen LogP contribution in [0.3, 0.4) is 0 Å². The summed E-state index contributed by atoms with van der Waals surface area (Å²) in [6.45, 7) is 3.47. The Labute approximate surface area is 200 Å². The van der Waals surface area contributed by atoms with Gasteiger partial charge >= 0.3 is 5.97 Å². The van der Waals surface area contributed by atoms with Crippen molar-refractivity contribution in [1.82, 2.24) is 4.98 Å². The number of benzene rings is 2. The Hall–Kier alpha value is -3.38. The van der Waals surface area contributed by atoms with E-state index in [0.29, 0.717) is 11.5 Å². The van der Waals surface area contributed by atoms with E-state index in [1.807, 2.05) is 0 Å². The van der Waals surface area contributed by atoms with Gasteiger partial charge in [-0.05, 0) is 90.8 Å². The van der Waals surface area contributed by atoms with Crippen molar-refractivity contribution in [3.8, 4) is 0 Å². The van der Waals surface area contributed by atoms with Crippen molar-refractivity contribution in [3.05, 3.63) is 83.2 Å². The maximum Gasteiger partial charge on any atom is 0.336 e. The fraction of sp³-hybridized carbons (Fsp3) is 0.357. The van der Waals surface area contributed by atoms with Crippen LogP contribution in [0.25, 0.3) is 0 Å². The van der Waals surface area contributed by atoms with Crippen LogP contribution >= 0.6 is 0 Å². The van der Waals surface area contributed by atoms with Crippen LogP contribution < -0.4 is 9.80 Å². The van der Waals surface area contributed by atoms with E-state index in [9.17, 15) is 9.90 Å². The maximum atomic E-state index is 11.5. The summed E-state index contributed by atoms with van der Waals surface area (Å²) in [4.78, 5) is 20.2. The molecule has 176 valence electrons. The van der Waals surface area contributed by atoms with E-state index in [1.54, 1.807) is 18.5 Å². The zero-order chi connectivity index (χ0) is 23.5. The number of hydrogen-bond donors (Lipinski definition) is 1. The van der Waals surface area contributed by atoms with Crippen LogP contribution in [-0.4, -0.2) is 49.4 Å². The Morgan fingerprint density at radius 1 is 1.12 bits per heavy atom. The van der Waals surface area contributed by atoms with Gasteiger partial charge in [0, 0.05) is 49.6 Å². The highest BCUT2D eigenvalue weighted by Crippen LogP contribution is 2.39. The third kappa shape index (κ3) is 4.64. The Morgan fingerprint density at radius 2 is 1.88 bits per heavy atom. The third-order valence-corrected chi connectivity index (χ3v) is 7.23. The topological polar surface area (TPSA) is 65.9 Å². The number of aromatic nitrogens is 1. The van der Waals surface area contributed by atoms with Crippen molar-refractivity contribution in [3.63, 3.8) is 0 Å². The lowest BCUT2D eigenvalue weighted by atomic mass is 9.93. The van der Waals surface area contributed by atoms with Crippen molar-refractivity contribution in [2.24, 2.45) is 0 Å². The summed E-state index contributed by atoms with van der Waals surface area (Å²) in [6.07, 6.45) is 7.09. The van der Waals surface area contributed by atoms with E-state index in [2.05, 4.69) is 64.3 Å². The van der Waals surface area contributed by atoms with Gasteiger partial charge in [0.1, 0.15) is 0 Å². The molecule has 5 rings (SSSR count). The molecule has 0 unspecified atom stereocenters. The van der Waals surface area contributed by atoms with Gasteiger partial charge in [0.2, 0.25) is 0 Å². The molecule has 1 fully saturated rings. The van der Waals surface area contributed by atoms with E-state index in [1.165, 1.54) is 28.2 Å². The molecule has 0 saturated carbocycles. The molecule has 1 aliphatic heterocycles. The summed E-state index contributed by atoms with van der Waals surface area (Å²) in [7, 11) is 2.12. The Bertz CT molecular complexity index is 1160. The van der Waals surface area contributed by atoms with Crippen molar-refractivity contribution in [1.29, 1.82) is 0 Å². The molecule has 6 heteroatoms. The van der Waals surface area contributed by atoms with Crippen molar-refractivity contribution in [2.75, 3.05) is 43.2 Å². The van der Waals surface area contributed by atoms with Gasteiger partial charge in [-0.2, -0.15) is 0 Å².